The molecule has 0 aliphatic carbocycles. The normalized spacial score (nSPS) is 19.2. The van der Waals surface area contributed by atoms with E-state index in [1.54, 1.807) is 24.3 Å². The number of hydrogen-bond acceptors (Lipinski definition) is 4. The van der Waals surface area contributed by atoms with Gasteiger partial charge in [-0.25, -0.2) is 0 Å². The number of rotatable bonds is 4. The number of benzene rings is 2. The lowest BCUT2D eigenvalue weighted by atomic mass is 10.0. The van der Waals surface area contributed by atoms with E-state index in [1.807, 2.05) is 30.3 Å². The minimum atomic E-state index is -4.91. The van der Waals surface area contributed by atoms with Gasteiger partial charge in [-0.3, -0.25) is 0 Å². The Balaban J connectivity index is 1.54. The third-order valence-corrected chi connectivity index (χ3v) is 4.18. The SMILES string of the molecule is OC1(C(F)(F)F)CC(c2ccc(CNC(=S)Nc3ccccc3)cc2)=NO1. The van der Waals surface area contributed by atoms with E-state index in [1.165, 1.54) is 0 Å². The first-order chi connectivity index (χ1) is 12.8. The Bertz CT molecular complexity index is 841. The molecule has 1 unspecified atom stereocenters. The molecule has 0 spiro atoms. The zero-order valence-corrected chi connectivity index (χ0v) is 14.8. The molecule has 27 heavy (non-hydrogen) atoms. The first-order valence-electron chi connectivity index (χ1n) is 8.00. The summed E-state index contributed by atoms with van der Waals surface area (Å²) < 4.78 is 38.3. The molecular formula is C18H16F3N3O2S. The largest absolute Gasteiger partial charge is 0.458 e. The molecule has 1 atom stereocenters. The highest BCUT2D eigenvalue weighted by atomic mass is 32.1. The Morgan fingerprint density at radius 2 is 1.81 bits per heavy atom. The smallest absolute Gasteiger partial charge is 0.358 e. The number of thiocarbonyl (C=S) groups is 1. The zero-order valence-electron chi connectivity index (χ0n) is 14.0. The maximum absolute atomic E-state index is 12.8. The van der Waals surface area contributed by atoms with Gasteiger partial charge in [-0.2, -0.15) is 13.2 Å². The van der Waals surface area contributed by atoms with Crippen LogP contribution in [0, 0.1) is 0 Å². The van der Waals surface area contributed by atoms with Crippen LogP contribution >= 0.6 is 12.2 Å². The average Bonchev–Trinajstić information content (AvgIpc) is 3.05. The van der Waals surface area contributed by atoms with Crippen molar-refractivity contribution >= 4 is 28.7 Å². The van der Waals surface area contributed by atoms with E-state index in [4.69, 9.17) is 12.2 Å². The van der Waals surface area contributed by atoms with E-state index in [0.717, 1.165) is 11.3 Å². The summed E-state index contributed by atoms with van der Waals surface area (Å²) in [5.41, 5.74) is 2.22. The monoisotopic (exact) mass is 395 g/mol. The molecule has 0 saturated heterocycles. The van der Waals surface area contributed by atoms with Crippen molar-refractivity contribution in [2.45, 2.75) is 24.9 Å². The zero-order chi connectivity index (χ0) is 19.5. The van der Waals surface area contributed by atoms with Crippen molar-refractivity contribution in [3.05, 3.63) is 65.7 Å². The van der Waals surface area contributed by atoms with Gasteiger partial charge in [-0.05, 0) is 35.5 Å². The molecule has 0 amide bonds. The molecule has 0 aromatic heterocycles. The van der Waals surface area contributed by atoms with Gasteiger partial charge in [-0.15, -0.1) is 0 Å². The van der Waals surface area contributed by atoms with E-state index in [2.05, 4.69) is 20.6 Å². The first kappa shape index (κ1) is 19.1. The molecule has 2 aromatic carbocycles. The Hall–Kier alpha value is -2.65. The highest BCUT2D eigenvalue weighted by Gasteiger charge is 2.60. The molecule has 1 aliphatic heterocycles. The van der Waals surface area contributed by atoms with Crippen LogP contribution in [0.4, 0.5) is 18.9 Å². The molecule has 3 rings (SSSR count). The second kappa shape index (κ2) is 7.53. The van der Waals surface area contributed by atoms with Crippen LogP contribution in [0.25, 0.3) is 0 Å². The van der Waals surface area contributed by atoms with Gasteiger partial charge in [0.15, 0.2) is 5.11 Å². The van der Waals surface area contributed by atoms with Crippen molar-refractivity contribution in [2.75, 3.05) is 5.32 Å². The van der Waals surface area contributed by atoms with E-state index in [-0.39, 0.29) is 5.71 Å². The minimum absolute atomic E-state index is 0.0376. The third-order valence-electron chi connectivity index (χ3n) is 3.93. The second-order valence-corrected chi connectivity index (χ2v) is 6.37. The van der Waals surface area contributed by atoms with Gasteiger partial charge in [0.2, 0.25) is 0 Å². The number of aliphatic hydroxyl groups is 1. The topological polar surface area (TPSA) is 65.9 Å². The van der Waals surface area contributed by atoms with Gasteiger partial charge in [0.25, 0.3) is 0 Å². The quantitative estimate of drug-likeness (QED) is 0.691. The van der Waals surface area contributed by atoms with Crippen LogP contribution in [0.2, 0.25) is 0 Å². The number of anilines is 1. The molecule has 1 heterocycles. The summed E-state index contributed by atoms with van der Waals surface area (Å²) in [5.74, 6) is -3.27. The summed E-state index contributed by atoms with van der Waals surface area (Å²) in [7, 11) is 0. The fourth-order valence-corrected chi connectivity index (χ4v) is 2.61. The van der Waals surface area contributed by atoms with Crippen LogP contribution in [0.3, 0.4) is 0 Å². The van der Waals surface area contributed by atoms with Gasteiger partial charge in [0.05, 0.1) is 12.1 Å². The second-order valence-electron chi connectivity index (χ2n) is 5.96. The number of para-hydroxylation sites is 1. The van der Waals surface area contributed by atoms with Gasteiger partial charge in [0, 0.05) is 12.2 Å². The third kappa shape index (κ3) is 4.55. The highest BCUT2D eigenvalue weighted by Crippen LogP contribution is 2.38. The number of hydrogen-bond donors (Lipinski definition) is 3. The standard InChI is InChI=1S/C18H16F3N3O2S/c19-18(20,21)17(25)10-15(24-26-17)13-8-6-12(7-9-13)11-22-16(27)23-14-4-2-1-3-5-14/h1-9,25H,10-11H2,(H2,22,23,27). The number of oxime groups is 1. The Kier molecular flexibility index (Phi) is 5.33. The maximum Gasteiger partial charge on any atom is 0.458 e. The highest BCUT2D eigenvalue weighted by molar-refractivity contribution is 7.80. The predicted molar refractivity (Wildman–Crippen MR) is 99.2 cm³/mol. The first-order valence-corrected chi connectivity index (χ1v) is 8.41. The molecule has 0 fully saturated rings. The minimum Gasteiger partial charge on any atom is -0.358 e. The van der Waals surface area contributed by atoms with Gasteiger partial charge in [-0.1, -0.05) is 47.6 Å². The molecule has 0 saturated carbocycles. The van der Waals surface area contributed by atoms with Gasteiger partial charge >= 0.3 is 12.0 Å². The molecule has 2 aromatic rings. The van der Waals surface area contributed by atoms with Crippen LogP contribution < -0.4 is 10.6 Å². The lowest BCUT2D eigenvalue weighted by molar-refractivity contribution is -0.355. The summed E-state index contributed by atoms with van der Waals surface area (Å²) in [6.45, 7) is 0.439. The summed E-state index contributed by atoms with van der Waals surface area (Å²) in [6, 6.07) is 16.2. The molecule has 9 heteroatoms. The predicted octanol–water partition coefficient (Wildman–Crippen LogP) is 3.55. The fraction of sp³-hybridized carbons (Fsp3) is 0.222. The Morgan fingerprint density at radius 3 is 2.41 bits per heavy atom. The molecule has 3 N–H and O–H groups in total. The van der Waals surface area contributed by atoms with Crippen LogP contribution in [-0.4, -0.2) is 27.9 Å². The van der Waals surface area contributed by atoms with Gasteiger partial charge in [0.1, 0.15) is 0 Å². The Morgan fingerprint density at radius 1 is 1.15 bits per heavy atom. The van der Waals surface area contributed by atoms with Crippen molar-refractivity contribution in [2.24, 2.45) is 5.16 Å². The summed E-state index contributed by atoms with van der Waals surface area (Å²) in [6.07, 6.45) is -5.66. The van der Waals surface area contributed by atoms with Crippen molar-refractivity contribution in [1.82, 2.24) is 5.32 Å². The van der Waals surface area contributed by atoms with Crippen LogP contribution in [-0.2, 0) is 11.4 Å². The van der Waals surface area contributed by atoms with E-state index in [9.17, 15) is 18.3 Å². The van der Waals surface area contributed by atoms with Crippen molar-refractivity contribution in [3.63, 3.8) is 0 Å². The van der Waals surface area contributed by atoms with Crippen molar-refractivity contribution in [1.29, 1.82) is 0 Å². The molecule has 5 nitrogen and oxygen atoms in total. The molecular weight excluding hydrogens is 379 g/mol. The molecule has 0 bridgehead atoms. The maximum atomic E-state index is 12.8. The molecule has 1 aliphatic rings. The van der Waals surface area contributed by atoms with Crippen LogP contribution in [0.5, 0.6) is 0 Å². The average molecular weight is 395 g/mol. The van der Waals surface area contributed by atoms with E-state index in [0.29, 0.717) is 17.2 Å². The van der Waals surface area contributed by atoms with Crippen molar-refractivity contribution < 1.29 is 23.1 Å². The molecule has 0 radical (unpaired) electrons. The number of nitrogens with zero attached hydrogens (tertiary/aromatic N) is 1. The number of nitrogens with one attached hydrogen (secondary N) is 2. The summed E-state index contributed by atoms with van der Waals surface area (Å²) in [4.78, 5) is 4.22. The van der Waals surface area contributed by atoms with E-state index >= 15 is 0 Å². The number of halogens is 3. The van der Waals surface area contributed by atoms with E-state index < -0.39 is 18.4 Å². The van der Waals surface area contributed by atoms with Crippen LogP contribution in [0.15, 0.2) is 59.8 Å². The Labute approximate surface area is 158 Å². The fourth-order valence-electron chi connectivity index (χ4n) is 2.42. The number of alkyl halides is 3. The lowest BCUT2D eigenvalue weighted by Gasteiger charge is -2.22. The van der Waals surface area contributed by atoms with Crippen LogP contribution in [0.1, 0.15) is 17.5 Å². The van der Waals surface area contributed by atoms with Gasteiger partial charge < -0.3 is 20.6 Å². The molecule has 142 valence electrons. The van der Waals surface area contributed by atoms with Crippen molar-refractivity contribution in [3.8, 4) is 0 Å². The lowest BCUT2D eigenvalue weighted by Crippen LogP contribution is -2.45. The summed E-state index contributed by atoms with van der Waals surface area (Å²) in [5, 5.41) is 19.4. The summed E-state index contributed by atoms with van der Waals surface area (Å²) >= 11 is 5.22.